The van der Waals surface area contributed by atoms with Crippen molar-refractivity contribution >= 4 is 45.6 Å². The summed E-state index contributed by atoms with van der Waals surface area (Å²) in [5.41, 5.74) is 3.19. The van der Waals surface area contributed by atoms with Crippen molar-refractivity contribution in [1.82, 2.24) is 9.88 Å². The maximum Gasteiger partial charge on any atom is 0.259 e. The second-order valence-electron chi connectivity index (χ2n) is 8.65. The topological polar surface area (TPSA) is 69.7 Å². The van der Waals surface area contributed by atoms with Crippen LogP contribution in [0, 0.1) is 3.57 Å². The molecular weight excluding hydrogens is 541 g/mol. The van der Waals surface area contributed by atoms with E-state index in [9.17, 15) is 4.79 Å². The number of fused-ring (bicyclic) bond motifs is 1. The number of likely N-dealkylation sites (N-methyl/N-ethyl adjacent to an activating group) is 1. The first-order chi connectivity index (χ1) is 16.5. The van der Waals surface area contributed by atoms with E-state index >= 15 is 0 Å². The van der Waals surface area contributed by atoms with E-state index in [4.69, 9.17) is 4.74 Å². The third-order valence-electron chi connectivity index (χ3n) is 6.48. The first-order valence-electron chi connectivity index (χ1n) is 11.5. The molecule has 1 amide bonds. The molecule has 5 rings (SSSR count). The number of pyridine rings is 1. The van der Waals surface area contributed by atoms with E-state index < -0.39 is 5.54 Å². The molecule has 7 nitrogen and oxygen atoms in total. The van der Waals surface area contributed by atoms with Crippen molar-refractivity contribution in [3.63, 3.8) is 0 Å². The molecule has 176 valence electrons. The summed E-state index contributed by atoms with van der Waals surface area (Å²) in [6, 6.07) is 18.1. The Labute approximate surface area is 213 Å². The van der Waals surface area contributed by atoms with Crippen molar-refractivity contribution in [1.29, 1.82) is 0 Å². The summed E-state index contributed by atoms with van der Waals surface area (Å²) in [5.74, 6) is 0.304. The molecule has 34 heavy (non-hydrogen) atoms. The van der Waals surface area contributed by atoms with Gasteiger partial charge in [-0.15, -0.1) is 0 Å². The maximum absolute atomic E-state index is 13.8. The average Bonchev–Trinajstić information content (AvgIpc) is 3.11. The lowest BCUT2D eigenvalue weighted by atomic mass is 9.83. The van der Waals surface area contributed by atoms with Gasteiger partial charge in [0.25, 0.3) is 5.91 Å². The molecule has 0 bridgehead atoms. The number of amides is 1. The SMILES string of the molecule is CCOc1ncccc1C1(Nc2cccc(N3CCN(C)CC3)c2)C(=O)Nc2ccc(I)cc21. The molecule has 0 radical (unpaired) electrons. The van der Waals surface area contributed by atoms with Gasteiger partial charge in [0.05, 0.1) is 12.2 Å². The average molecular weight is 569 g/mol. The number of rotatable bonds is 6. The molecule has 3 aromatic rings. The van der Waals surface area contributed by atoms with Crippen molar-refractivity contribution < 1.29 is 9.53 Å². The van der Waals surface area contributed by atoms with Gasteiger partial charge in [0.15, 0.2) is 5.54 Å². The Balaban J connectivity index is 1.62. The molecule has 2 aliphatic heterocycles. The maximum atomic E-state index is 13.8. The highest BCUT2D eigenvalue weighted by Gasteiger charge is 2.50. The fraction of sp³-hybridized carbons (Fsp3) is 0.308. The van der Waals surface area contributed by atoms with Gasteiger partial charge in [-0.25, -0.2) is 4.98 Å². The summed E-state index contributed by atoms with van der Waals surface area (Å²) in [6.07, 6.45) is 1.69. The van der Waals surface area contributed by atoms with E-state index in [1.807, 2.05) is 49.4 Å². The molecule has 1 unspecified atom stereocenters. The monoisotopic (exact) mass is 569 g/mol. The summed E-state index contributed by atoms with van der Waals surface area (Å²) >= 11 is 2.28. The molecule has 3 heterocycles. The van der Waals surface area contributed by atoms with Gasteiger partial charge < -0.3 is 25.2 Å². The van der Waals surface area contributed by atoms with Gasteiger partial charge in [-0.05, 0) is 85.1 Å². The van der Waals surface area contributed by atoms with Gasteiger partial charge in [-0.2, -0.15) is 0 Å². The Kier molecular flexibility index (Phi) is 6.35. The van der Waals surface area contributed by atoms with Crippen molar-refractivity contribution in [2.24, 2.45) is 0 Å². The van der Waals surface area contributed by atoms with Gasteiger partial charge in [0, 0.05) is 58.6 Å². The standard InChI is InChI=1S/C26H28IN5O2/c1-3-34-24-21(8-5-11-28-24)26(22-16-18(27)9-10-23(22)29-25(26)33)30-19-6-4-7-20(17-19)32-14-12-31(2)13-15-32/h4-11,16-17,30H,3,12-15H2,1-2H3,(H,29,33). The number of ether oxygens (including phenoxy) is 1. The molecule has 1 saturated heterocycles. The second-order valence-corrected chi connectivity index (χ2v) is 9.89. The van der Waals surface area contributed by atoms with E-state index in [1.165, 1.54) is 0 Å². The van der Waals surface area contributed by atoms with Gasteiger partial charge in [-0.3, -0.25) is 4.79 Å². The first-order valence-corrected chi connectivity index (χ1v) is 12.6. The Morgan fingerprint density at radius 2 is 1.91 bits per heavy atom. The number of nitrogens with one attached hydrogen (secondary N) is 2. The zero-order valence-corrected chi connectivity index (χ0v) is 21.5. The van der Waals surface area contributed by atoms with Gasteiger partial charge in [-0.1, -0.05) is 6.07 Å². The molecule has 2 aliphatic rings. The second kappa shape index (κ2) is 9.42. The molecule has 8 heteroatoms. The predicted octanol–water partition coefficient (Wildman–Crippen LogP) is 4.14. The minimum Gasteiger partial charge on any atom is -0.478 e. The van der Waals surface area contributed by atoms with Crippen molar-refractivity contribution in [3.05, 3.63) is 75.5 Å². The van der Waals surface area contributed by atoms with Crippen LogP contribution in [0.15, 0.2) is 60.8 Å². The van der Waals surface area contributed by atoms with Gasteiger partial charge >= 0.3 is 0 Å². The quantitative estimate of drug-likeness (QED) is 0.435. The van der Waals surface area contributed by atoms with Gasteiger partial charge in [0.2, 0.25) is 5.88 Å². The summed E-state index contributed by atoms with van der Waals surface area (Å²) in [6.45, 7) is 6.39. The van der Waals surface area contributed by atoms with E-state index in [0.717, 1.165) is 52.4 Å². The third-order valence-corrected chi connectivity index (χ3v) is 7.15. The van der Waals surface area contributed by atoms with E-state index in [2.05, 4.69) is 67.2 Å². The number of piperazine rings is 1. The van der Waals surface area contributed by atoms with Crippen molar-refractivity contribution in [3.8, 4) is 5.88 Å². The Morgan fingerprint density at radius 3 is 2.71 bits per heavy atom. The lowest BCUT2D eigenvalue weighted by Crippen LogP contribution is -2.45. The van der Waals surface area contributed by atoms with Crippen LogP contribution in [0.2, 0.25) is 0 Å². The number of benzene rings is 2. The highest BCUT2D eigenvalue weighted by molar-refractivity contribution is 14.1. The largest absolute Gasteiger partial charge is 0.478 e. The smallest absolute Gasteiger partial charge is 0.259 e. The van der Waals surface area contributed by atoms with E-state index in [-0.39, 0.29) is 5.91 Å². The van der Waals surface area contributed by atoms with Crippen molar-refractivity contribution in [2.45, 2.75) is 12.5 Å². The highest BCUT2D eigenvalue weighted by atomic mass is 127. The molecule has 2 N–H and O–H groups in total. The van der Waals surface area contributed by atoms with Crippen LogP contribution in [0.25, 0.3) is 0 Å². The minimum atomic E-state index is -1.17. The summed E-state index contributed by atoms with van der Waals surface area (Å²) in [5, 5.41) is 6.70. The number of aromatic nitrogens is 1. The van der Waals surface area contributed by atoms with Crippen LogP contribution in [0.3, 0.4) is 0 Å². The number of carbonyl (C=O) groups excluding carboxylic acids is 1. The Bertz CT molecular complexity index is 1210. The number of anilines is 3. The van der Waals surface area contributed by atoms with Crippen LogP contribution >= 0.6 is 22.6 Å². The molecule has 2 aromatic carbocycles. The highest BCUT2D eigenvalue weighted by Crippen LogP contribution is 2.46. The van der Waals surface area contributed by atoms with Crippen LogP contribution in [0.5, 0.6) is 5.88 Å². The summed E-state index contributed by atoms with van der Waals surface area (Å²) in [4.78, 5) is 23.0. The molecule has 1 aromatic heterocycles. The number of halogens is 1. The zero-order chi connectivity index (χ0) is 23.7. The number of carbonyl (C=O) groups is 1. The molecule has 0 saturated carbocycles. The molecule has 1 fully saturated rings. The van der Waals surface area contributed by atoms with Crippen LogP contribution < -0.4 is 20.3 Å². The summed E-state index contributed by atoms with van der Waals surface area (Å²) in [7, 11) is 2.15. The number of hydrogen-bond donors (Lipinski definition) is 2. The van der Waals surface area contributed by atoms with Gasteiger partial charge in [0.1, 0.15) is 0 Å². The zero-order valence-electron chi connectivity index (χ0n) is 19.3. The van der Waals surface area contributed by atoms with Crippen LogP contribution in [-0.2, 0) is 10.3 Å². The minimum absolute atomic E-state index is 0.150. The molecule has 0 aliphatic carbocycles. The third kappa shape index (κ3) is 4.09. The Hall–Kier alpha value is -2.85. The number of nitrogens with zero attached hydrogens (tertiary/aromatic N) is 3. The molecule has 1 atom stereocenters. The van der Waals surface area contributed by atoms with Crippen molar-refractivity contribution in [2.75, 3.05) is 55.4 Å². The fourth-order valence-corrected chi connectivity index (χ4v) is 5.21. The van der Waals surface area contributed by atoms with Crippen LogP contribution in [-0.4, -0.2) is 55.6 Å². The first kappa shape index (κ1) is 22.9. The van der Waals surface area contributed by atoms with E-state index in [0.29, 0.717) is 18.1 Å². The lowest BCUT2D eigenvalue weighted by molar-refractivity contribution is -0.118. The van der Waals surface area contributed by atoms with Crippen LogP contribution in [0.1, 0.15) is 18.1 Å². The normalized spacial score (nSPS) is 20.1. The van der Waals surface area contributed by atoms with E-state index in [1.54, 1.807) is 6.20 Å². The molecular formula is C26H28IN5O2. The molecule has 0 spiro atoms. The van der Waals surface area contributed by atoms with Crippen LogP contribution in [0.4, 0.5) is 17.1 Å². The number of hydrogen-bond acceptors (Lipinski definition) is 6. The predicted molar refractivity (Wildman–Crippen MR) is 144 cm³/mol. The Morgan fingerprint density at radius 1 is 1.09 bits per heavy atom. The fourth-order valence-electron chi connectivity index (χ4n) is 4.72. The summed E-state index contributed by atoms with van der Waals surface area (Å²) < 4.78 is 6.94. The lowest BCUT2D eigenvalue weighted by Gasteiger charge is -2.35.